The Morgan fingerprint density at radius 3 is 1.93 bits per heavy atom. The van der Waals surface area contributed by atoms with Gasteiger partial charge in [0.25, 0.3) is 0 Å². The van der Waals surface area contributed by atoms with Crippen LogP contribution in [0.4, 0.5) is 0 Å². The van der Waals surface area contributed by atoms with E-state index < -0.39 is 0 Å². The lowest BCUT2D eigenvalue weighted by Crippen LogP contribution is -2.43. The van der Waals surface area contributed by atoms with Crippen LogP contribution in [0.25, 0.3) is 0 Å². The average Bonchev–Trinajstić information content (AvgIpc) is 2.21. The Kier molecular flexibility index (Phi) is 3.38. The molecular formula is C10H18O4. The maximum atomic E-state index is 5.58. The van der Waals surface area contributed by atoms with Crippen LogP contribution in [0.5, 0.6) is 0 Å². The summed E-state index contributed by atoms with van der Waals surface area (Å²) in [5, 5.41) is 0. The summed E-state index contributed by atoms with van der Waals surface area (Å²) in [5.41, 5.74) is 0. The second-order valence-corrected chi connectivity index (χ2v) is 4.13. The van der Waals surface area contributed by atoms with Crippen LogP contribution in [0.1, 0.15) is 13.8 Å². The third kappa shape index (κ3) is 2.45. The van der Waals surface area contributed by atoms with Crippen molar-refractivity contribution in [3.8, 4) is 0 Å². The molecule has 0 aromatic heterocycles. The van der Waals surface area contributed by atoms with Gasteiger partial charge in [0.2, 0.25) is 0 Å². The van der Waals surface area contributed by atoms with Crippen LogP contribution < -0.4 is 0 Å². The second-order valence-electron chi connectivity index (χ2n) is 4.13. The van der Waals surface area contributed by atoms with Gasteiger partial charge in [0, 0.05) is 5.92 Å². The van der Waals surface area contributed by atoms with Crippen molar-refractivity contribution >= 4 is 0 Å². The van der Waals surface area contributed by atoms with Gasteiger partial charge in [-0.3, -0.25) is 0 Å². The van der Waals surface area contributed by atoms with Crippen LogP contribution in [0.15, 0.2) is 0 Å². The molecule has 0 aliphatic carbocycles. The van der Waals surface area contributed by atoms with E-state index in [2.05, 4.69) is 6.92 Å². The lowest BCUT2D eigenvalue weighted by atomic mass is 10.1. The van der Waals surface area contributed by atoms with E-state index in [4.69, 9.17) is 18.9 Å². The standard InChI is InChI=1S/C10H18O4/c1-7-3-13-10(14-4-7)9-5-11-8(2)12-6-9/h7-10H,3-6H2,1-2H3. The summed E-state index contributed by atoms with van der Waals surface area (Å²) in [5.74, 6) is 0.717. The van der Waals surface area contributed by atoms with Crippen molar-refractivity contribution in [1.82, 2.24) is 0 Å². The van der Waals surface area contributed by atoms with Crippen molar-refractivity contribution in [2.24, 2.45) is 11.8 Å². The molecule has 0 saturated carbocycles. The van der Waals surface area contributed by atoms with Gasteiger partial charge in [-0.1, -0.05) is 6.92 Å². The van der Waals surface area contributed by atoms with Gasteiger partial charge in [-0.25, -0.2) is 0 Å². The molecule has 0 bridgehead atoms. The highest BCUT2D eigenvalue weighted by Crippen LogP contribution is 2.21. The van der Waals surface area contributed by atoms with Crippen molar-refractivity contribution in [2.45, 2.75) is 26.4 Å². The first-order valence-electron chi connectivity index (χ1n) is 5.22. The average molecular weight is 202 g/mol. The molecule has 0 amide bonds. The van der Waals surface area contributed by atoms with Crippen LogP contribution >= 0.6 is 0 Å². The summed E-state index contributed by atoms with van der Waals surface area (Å²) < 4.78 is 21.9. The van der Waals surface area contributed by atoms with Gasteiger partial charge in [0.05, 0.1) is 32.3 Å². The van der Waals surface area contributed by atoms with E-state index >= 15 is 0 Å². The Morgan fingerprint density at radius 2 is 1.36 bits per heavy atom. The lowest BCUT2D eigenvalue weighted by Gasteiger charge is -2.36. The molecule has 0 N–H and O–H groups in total. The molecule has 4 heteroatoms. The highest BCUT2D eigenvalue weighted by molar-refractivity contribution is 4.69. The first-order chi connectivity index (χ1) is 6.75. The molecule has 0 aromatic carbocycles. The van der Waals surface area contributed by atoms with Crippen LogP contribution in [-0.4, -0.2) is 39.0 Å². The van der Waals surface area contributed by atoms with E-state index in [1.54, 1.807) is 0 Å². The third-order valence-electron chi connectivity index (χ3n) is 2.56. The zero-order valence-corrected chi connectivity index (χ0v) is 8.77. The van der Waals surface area contributed by atoms with Crippen LogP contribution in [-0.2, 0) is 18.9 Å². The zero-order chi connectivity index (χ0) is 9.97. The van der Waals surface area contributed by atoms with Crippen molar-refractivity contribution in [1.29, 1.82) is 0 Å². The largest absolute Gasteiger partial charge is 0.352 e. The van der Waals surface area contributed by atoms with Crippen molar-refractivity contribution in [2.75, 3.05) is 26.4 Å². The predicted molar refractivity (Wildman–Crippen MR) is 49.7 cm³/mol. The maximum Gasteiger partial charge on any atom is 0.164 e. The molecule has 2 heterocycles. The van der Waals surface area contributed by atoms with Gasteiger partial charge in [-0.05, 0) is 6.92 Å². The van der Waals surface area contributed by atoms with Crippen LogP contribution in [0.2, 0.25) is 0 Å². The highest BCUT2D eigenvalue weighted by Gasteiger charge is 2.31. The minimum atomic E-state index is -0.140. The third-order valence-corrected chi connectivity index (χ3v) is 2.56. The summed E-state index contributed by atoms with van der Waals surface area (Å²) >= 11 is 0. The Labute approximate surface area is 84.5 Å². The van der Waals surface area contributed by atoms with Crippen LogP contribution in [0.3, 0.4) is 0 Å². The molecule has 2 saturated heterocycles. The molecule has 4 nitrogen and oxygen atoms in total. The topological polar surface area (TPSA) is 36.9 Å². The molecule has 0 aromatic rings. The van der Waals surface area contributed by atoms with E-state index in [1.807, 2.05) is 6.92 Å². The van der Waals surface area contributed by atoms with E-state index in [-0.39, 0.29) is 18.5 Å². The van der Waals surface area contributed by atoms with Gasteiger partial charge in [0.15, 0.2) is 12.6 Å². The molecule has 0 atom stereocenters. The molecule has 2 aliphatic rings. The van der Waals surface area contributed by atoms with E-state index in [1.165, 1.54) is 0 Å². The lowest BCUT2D eigenvalue weighted by molar-refractivity contribution is -0.275. The zero-order valence-electron chi connectivity index (χ0n) is 8.77. The molecule has 0 unspecified atom stereocenters. The predicted octanol–water partition coefficient (Wildman–Crippen LogP) is 1.00. The number of rotatable bonds is 1. The molecule has 2 rings (SSSR count). The normalized spacial score (nSPS) is 45.0. The first kappa shape index (κ1) is 10.4. The summed E-state index contributed by atoms with van der Waals surface area (Å²) in [6, 6.07) is 0. The monoisotopic (exact) mass is 202 g/mol. The summed E-state index contributed by atoms with van der Waals surface area (Å²) in [7, 11) is 0. The summed E-state index contributed by atoms with van der Waals surface area (Å²) in [6.07, 6.45) is -0.229. The van der Waals surface area contributed by atoms with Crippen molar-refractivity contribution in [3.63, 3.8) is 0 Å². The Hall–Kier alpha value is -0.160. The summed E-state index contributed by atoms with van der Waals surface area (Å²) in [4.78, 5) is 0. The number of hydrogen-bond donors (Lipinski definition) is 0. The molecule has 2 fully saturated rings. The Balaban J connectivity index is 1.78. The fourth-order valence-corrected chi connectivity index (χ4v) is 1.66. The van der Waals surface area contributed by atoms with E-state index in [0.717, 1.165) is 13.2 Å². The SMILES string of the molecule is CC1COC(C2COC(C)OC2)OC1. The Morgan fingerprint density at radius 1 is 0.786 bits per heavy atom. The van der Waals surface area contributed by atoms with Gasteiger partial charge in [-0.15, -0.1) is 0 Å². The quantitative estimate of drug-likeness (QED) is 0.635. The smallest absolute Gasteiger partial charge is 0.164 e. The fraction of sp³-hybridized carbons (Fsp3) is 1.00. The van der Waals surface area contributed by atoms with Crippen LogP contribution in [0, 0.1) is 11.8 Å². The molecule has 14 heavy (non-hydrogen) atoms. The van der Waals surface area contributed by atoms with E-state index in [9.17, 15) is 0 Å². The van der Waals surface area contributed by atoms with Gasteiger partial charge in [-0.2, -0.15) is 0 Å². The van der Waals surface area contributed by atoms with E-state index in [0.29, 0.717) is 19.1 Å². The maximum absolute atomic E-state index is 5.58. The number of hydrogen-bond acceptors (Lipinski definition) is 4. The highest BCUT2D eigenvalue weighted by atomic mass is 16.7. The second kappa shape index (κ2) is 4.57. The molecular weight excluding hydrogens is 184 g/mol. The van der Waals surface area contributed by atoms with Crippen molar-refractivity contribution in [3.05, 3.63) is 0 Å². The van der Waals surface area contributed by atoms with Crippen molar-refractivity contribution < 1.29 is 18.9 Å². The molecule has 0 radical (unpaired) electrons. The molecule has 82 valence electrons. The molecule has 0 spiro atoms. The minimum absolute atomic E-state index is 0.0891. The Bertz CT molecular complexity index is 149. The van der Waals surface area contributed by atoms with Gasteiger partial charge in [0.1, 0.15) is 0 Å². The number of ether oxygens (including phenoxy) is 4. The van der Waals surface area contributed by atoms with Gasteiger partial charge >= 0.3 is 0 Å². The minimum Gasteiger partial charge on any atom is -0.352 e. The fourth-order valence-electron chi connectivity index (χ4n) is 1.66. The summed E-state index contributed by atoms with van der Waals surface area (Å²) in [6.45, 7) is 6.90. The first-order valence-corrected chi connectivity index (χ1v) is 5.22. The van der Waals surface area contributed by atoms with Gasteiger partial charge < -0.3 is 18.9 Å². The molecule has 2 aliphatic heterocycles.